The van der Waals surface area contributed by atoms with Crippen LogP contribution in [0.15, 0.2) is 0 Å². The lowest BCUT2D eigenvalue weighted by Crippen LogP contribution is -2.34. The van der Waals surface area contributed by atoms with Crippen molar-refractivity contribution in [1.29, 1.82) is 0 Å². The zero-order valence-electron chi connectivity index (χ0n) is 11.6. The van der Waals surface area contributed by atoms with E-state index < -0.39 is 0 Å². The smallest absolute Gasteiger partial charge is 0.307 e. The Kier molecular flexibility index (Phi) is 6.65. The third-order valence-corrected chi connectivity index (χ3v) is 2.71. The maximum Gasteiger partial charge on any atom is 0.307 e. The number of ether oxygens (including phenoxy) is 1. The van der Waals surface area contributed by atoms with Crippen LogP contribution in [-0.4, -0.2) is 24.2 Å². The van der Waals surface area contributed by atoms with Crippen molar-refractivity contribution in [1.82, 2.24) is 5.32 Å². The number of rotatable bonds is 6. The van der Waals surface area contributed by atoms with Gasteiger partial charge in [0.25, 0.3) is 0 Å². The minimum atomic E-state index is -0.376. The molecule has 0 bridgehead atoms. The van der Waals surface area contributed by atoms with Gasteiger partial charge in [0.15, 0.2) is 0 Å². The highest BCUT2D eigenvalue weighted by Crippen LogP contribution is 2.09. The van der Waals surface area contributed by atoms with Crippen molar-refractivity contribution in [3.05, 3.63) is 0 Å². The first kappa shape index (κ1) is 15.4. The van der Waals surface area contributed by atoms with Crippen molar-refractivity contribution < 1.29 is 9.53 Å². The van der Waals surface area contributed by atoms with Crippen LogP contribution >= 0.6 is 0 Å². The van der Waals surface area contributed by atoms with E-state index in [1.165, 1.54) is 0 Å². The molecule has 0 heterocycles. The van der Waals surface area contributed by atoms with Gasteiger partial charge in [-0.25, -0.2) is 0 Å². The first-order valence-corrected chi connectivity index (χ1v) is 6.21. The molecule has 0 rings (SSSR count). The molecule has 0 amide bonds. The number of nitrogens with one attached hydrogen (secondary N) is 1. The first-order chi connectivity index (χ1) is 7.26. The van der Waals surface area contributed by atoms with E-state index in [4.69, 9.17) is 4.74 Å². The molecule has 1 N–H and O–H groups in total. The average molecular weight is 229 g/mol. The highest BCUT2D eigenvalue weighted by atomic mass is 16.6. The van der Waals surface area contributed by atoms with Gasteiger partial charge >= 0.3 is 5.97 Å². The SMILES string of the molecule is CCC(C)C(C)NCCC(=O)OC(C)(C)C. The standard InChI is InChI=1S/C13H27NO2/c1-7-10(2)11(3)14-9-8-12(15)16-13(4,5)6/h10-11,14H,7-9H2,1-6H3. The van der Waals surface area contributed by atoms with E-state index in [0.29, 0.717) is 24.9 Å². The lowest BCUT2D eigenvalue weighted by Gasteiger charge is -2.21. The van der Waals surface area contributed by atoms with Crippen LogP contribution in [0.2, 0.25) is 0 Å². The summed E-state index contributed by atoms with van der Waals surface area (Å²) >= 11 is 0. The molecule has 3 nitrogen and oxygen atoms in total. The van der Waals surface area contributed by atoms with Crippen molar-refractivity contribution in [2.24, 2.45) is 5.92 Å². The van der Waals surface area contributed by atoms with Crippen LogP contribution in [0.1, 0.15) is 54.4 Å². The Morgan fingerprint density at radius 2 is 1.88 bits per heavy atom. The molecule has 96 valence electrons. The summed E-state index contributed by atoms with van der Waals surface area (Å²) in [6.07, 6.45) is 1.60. The molecule has 0 aliphatic rings. The number of hydrogen-bond acceptors (Lipinski definition) is 3. The molecule has 0 fully saturated rings. The molecular formula is C13H27NO2. The van der Waals surface area contributed by atoms with Crippen molar-refractivity contribution in [2.45, 2.75) is 66.0 Å². The maximum absolute atomic E-state index is 11.4. The molecular weight excluding hydrogens is 202 g/mol. The number of esters is 1. The van der Waals surface area contributed by atoms with Gasteiger partial charge in [0.2, 0.25) is 0 Å². The molecule has 3 heteroatoms. The monoisotopic (exact) mass is 229 g/mol. The summed E-state index contributed by atoms with van der Waals surface area (Å²) in [5.41, 5.74) is -0.376. The molecule has 0 aromatic carbocycles. The topological polar surface area (TPSA) is 38.3 Å². The molecule has 0 saturated carbocycles. The molecule has 0 aliphatic heterocycles. The average Bonchev–Trinajstić information content (AvgIpc) is 2.13. The second kappa shape index (κ2) is 6.89. The molecule has 0 saturated heterocycles. The van der Waals surface area contributed by atoms with Crippen LogP contribution < -0.4 is 5.32 Å². The lowest BCUT2D eigenvalue weighted by molar-refractivity contribution is -0.154. The molecule has 0 aliphatic carbocycles. The Bertz CT molecular complexity index is 208. The Balaban J connectivity index is 3.70. The predicted octanol–water partition coefficient (Wildman–Crippen LogP) is 2.74. The summed E-state index contributed by atoms with van der Waals surface area (Å²) < 4.78 is 5.23. The van der Waals surface area contributed by atoms with Crippen molar-refractivity contribution in [3.8, 4) is 0 Å². The van der Waals surface area contributed by atoms with Gasteiger partial charge in [-0.1, -0.05) is 20.3 Å². The van der Waals surface area contributed by atoms with Crippen LogP contribution in [0.3, 0.4) is 0 Å². The molecule has 0 radical (unpaired) electrons. The van der Waals surface area contributed by atoms with Gasteiger partial charge in [0.1, 0.15) is 5.60 Å². The number of hydrogen-bond donors (Lipinski definition) is 1. The van der Waals surface area contributed by atoms with Crippen LogP contribution in [0.4, 0.5) is 0 Å². The summed E-state index contributed by atoms with van der Waals surface area (Å²) in [6, 6.07) is 0.451. The summed E-state index contributed by atoms with van der Waals surface area (Å²) in [7, 11) is 0. The van der Waals surface area contributed by atoms with E-state index in [1.54, 1.807) is 0 Å². The van der Waals surface area contributed by atoms with Gasteiger partial charge in [-0.05, 0) is 33.6 Å². The number of carbonyl (C=O) groups excluding carboxylic acids is 1. The fourth-order valence-corrected chi connectivity index (χ4v) is 1.35. The van der Waals surface area contributed by atoms with E-state index in [1.807, 2.05) is 20.8 Å². The fraction of sp³-hybridized carbons (Fsp3) is 0.923. The summed E-state index contributed by atoms with van der Waals surface area (Å²) in [5, 5.41) is 3.35. The van der Waals surface area contributed by atoms with Gasteiger partial charge in [-0.2, -0.15) is 0 Å². The third kappa shape index (κ3) is 7.69. The van der Waals surface area contributed by atoms with Gasteiger partial charge in [-0.15, -0.1) is 0 Å². The van der Waals surface area contributed by atoms with Crippen molar-refractivity contribution in [2.75, 3.05) is 6.54 Å². The quantitative estimate of drug-likeness (QED) is 0.712. The van der Waals surface area contributed by atoms with Crippen LogP contribution in [0, 0.1) is 5.92 Å². The summed E-state index contributed by atoms with van der Waals surface area (Å²) in [4.78, 5) is 11.4. The van der Waals surface area contributed by atoms with E-state index in [2.05, 4.69) is 26.1 Å². The number of carbonyl (C=O) groups is 1. The van der Waals surface area contributed by atoms with Gasteiger partial charge in [0, 0.05) is 12.6 Å². The Hall–Kier alpha value is -0.570. The molecule has 0 aromatic rings. The third-order valence-electron chi connectivity index (χ3n) is 2.71. The zero-order chi connectivity index (χ0) is 12.8. The van der Waals surface area contributed by atoms with E-state index in [-0.39, 0.29) is 11.6 Å². The summed E-state index contributed by atoms with van der Waals surface area (Å²) in [6.45, 7) is 12.9. The van der Waals surface area contributed by atoms with E-state index in [0.717, 1.165) is 6.42 Å². The molecule has 0 spiro atoms. The second-order valence-corrected chi connectivity index (χ2v) is 5.46. The molecule has 16 heavy (non-hydrogen) atoms. The zero-order valence-corrected chi connectivity index (χ0v) is 11.6. The second-order valence-electron chi connectivity index (χ2n) is 5.46. The van der Waals surface area contributed by atoms with Crippen molar-refractivity contribution in [3.63, 3.8) is 0 Å². The molecule has 0 aromatic heterocycles. The highest BCUT2D eigenvalue weighted by molar-refractivity contribution is 5.70. The minimum absolute atomic E-state index is 0.128. The lowest BCUT2D eigenvalue weighted by atomic mass is 10.0. The largest absolute Gasteiger partial charge is 0.460 e. The predicted molar refractivity (Wildman–Crippen MR) is 67.4 cm³/mol. The first-order valence-electron chi connectivity index (χ1n) is 6.21. The minimum Gasteiger partial charge on any atom is -0.460 e. The molecule has 2 unspecified atom stereocenters. The Morgan fingerprint density at radius 1 is 1.31 bits per heavy atom. The highest BCUT2D eigenvalue weighted by Gasteiger charge is 2.16. The van der Waals surface area contributed by atoms with Gasteiger partial charge in [-0.3, -0.25) is 4.79 Å². The van der Waals surface area contributed by atoms with E-state index in [9.17, 15) is 4.79 Å². The maximum atomic E-state index is 11.4. The van der Waals surface area contributed by atoms with Gasteiger partial charge < -0.3 is 10.1 Å². The van der Waals surface area contributed by atoms with E-state index >= 15 is 0 Å². The fourth-order valence-electron chi connectivity index (χ4n) is 1.35. The molecule has 2 atom stereocenters. The Morgan fingerprint density at radius 3 is 2.31 bits per heavy atom. The summed E-state index contributed by atoms with van der Waals surface area (Å²) in [5.74, 6) is 0.509. The van der Waals surface area contributed by atoms with Crippen LogP contribution in [0.25, 0.3) is 0 Å². The van der Waals surface area contributed by atoms with Crippen LogP contribution in [0.5, 0.6) is 0 Å². The normalized spacial score (nSPS) is 15.6. The van der Waals surface area contributed by atoms with Crippen LogP contribution in [-0.2, 0) is 9.53 Å². The Labute approximate surface area is 99.9 Å². The van der Waals surface area contributed by atoms with Gasteiger partial charge in [0.05, 0.1) is 6.42 Å². The van der Waals surface area contributed by atoms with Crippen molar-refractivity contribution >= 4 is 5.97 Å².